The van der Waals surface area contributed by atoms with Crippen LogP contribution in [0.5, 0.6) is 0 Å². The Bertz CT molecular complexity index is 694. The Hall–Kier alpha value is -2.90. The van der Waals surface area contributed by atoms with Crippen LogP contribution in [-0.4, -0.2) is 29.7 Å². The number of hydrogen-bond donors (Lipinski definition) is 1. The highest BCUT2D eigenvalue weighted by molar-refractivity contribution is 6.05. The van der Waals surface area contributed by atoms with Gasteiger partial charge in [-0.1, -0.05) is 0 Å². The summed E-state index contributed by atoms with van der Waals surface area (Å²) in [4.78, 5) is 27.1. The largest absolute Gasteiger partial charge is 0.467 e. The molecule has 0 saturated carbocycles. The molecule has 8 heteroatoms. The molecule has 22 heavy (non-hydrogen) atoms. The van der Waals surface area contributed by atoms with Gasteiger partial charge in [-0.2, -0.15) is 0 Å². The molecule has 0 radical (unpaired) electrons. The molecule has 1 heterocycles. The van der Waals surface area contributed by atoms with Gasteiger partial charge in [-0.3, -0.25) is 14.9 Å². The smallest absolute Gasteiger partial charge is 0.271 e. The summed E-state index contributed by atoms with van der Waals surface area (Å²) in [6.45, 7) is 3.56. The summed E-state index contributed by atoms with van der Waals surface area (Å²) in [7, 11) is 1.54. The van der Waals surface area contributed by atoms with E-state index in [0.717, 1.165) is 0 Å². The Labute approximate surface area is 127 Å². The molecule has 1 aliphatic rings. The number of carbonyl (C=O) groups is 1. The van der Waals surface area contributed by atoms with Gasteiger partial charge in [0.1, 0.15) is 5.60 Å². The lowest BCUT2D eigenvalue weighted by Crippen LogP contribution is -2.28. The minimum atomic E-state index is -0.744. The van der Waals surface area contributed by atoms with Crippen molar-refractivity contribution in [3.05, 3.63) is 40.3 Å². The lowest BCUT2D eigenvalue weighted by atomic mass is 10.0. The Balaban J connectivity index is 2.59. The fourth-order valence-electron chi connectivity index (χ4n) is 2.05. The number of rotatable bonds is 4. The second-order valence-electron chi connectivity index (χ2n) is 5.30. The van der Waals surface area contributed by atoms with Crippen molar-refractivity contribution in [2.45, 2.75) is 19.4 Å². The van der Waals surface area contributed by atoms with Crippen LogP contribution in [0.3, 0.4) is 0 Å². The number of nitro groups is 1. The van der Waals surface area contributed by atoms with Crippen LogP contribution in [0.15, 0.2) is 35.2 Å². The molecule has 1 amide bonds. The predicted octanol–water partition coefficient (Wildman–Crippen LogP) is 1.87. The first-order valence-electron chi connectivity index (χ1n) is 6.46. The Morgan fingerprint density at radius 1 is 1.45 bits per heavy atom. The van der Waals surface area contributed by atoms with E-state index in [0.29, 0.717) is 23.5 Å². The second-order valence-corrected chi connectivity index (χ2v) is 5.30. The molecule has 0 unspecified atom stereocenters. The van der Waals surface area contributed by atoms with E-state index in [-0.39, 0.29) is 11.6 Å². The van der Waals surface area contributed by atoms with E-state index in [1.165, 1.54) is 23.1 Å². The molecule has 0 bridgehead atoms. The van der Waals surface area contributed by atoms with E-state index >= 15 is 0 Å². The fourth-order valence-corrected chi connectivity index (χ4v) is 2.05. The minimum absolute atomic E-state index is 0.115. The van der Waals surface area contributed by atoms with Crippen LogP contribution < -0.4 is 10.6 Å². The first kappa shape index (κ1) is 15.5. The van der Waals surface area contributed by atoms with Gasteiger partial charge in [0.25, 0.3) is 5.69 Å². The average Bonchev–Trinajstić information content (AvgIpc) is 2.70. The number of nitrogens with zero attached hydrogens (tertiary/aromatic N) is 3. The number of non-ortho nitro benzene ring substituents is 1. The van der Waals surface area contributed by atoms with Crippen molar-refractivity contribution in [3.8, 4) is 0 Å². The lowest BCUT2D eigenvalue weighted by molar-refractivity contribution is -0.384. The molecule has 0 atom stereocenters. The van der Waals surface area contributed by atoms with Crippen molar-refractivity contribution in [1.29, 1.82) is 0 Å². The number of aliphatic imine (C=N–C) groups is 1. The molecule has 2 N–H and O–H groups in total. The molecule has 116 valence electrons. The number of anilines is 1. The Kier molecular flexibility index (Phi) is 3.85. The van der Waals surface area contributed by atoms with Crippen LogP contribution in [0.2, 0.25) is 0 Å². The van der Waals surface area contributed by atoms with Gasteiger partial charge in [-0.15, -0.1) is 0 Å². The maximum Gasteiger partial charge on any atom is 0.271 e. The highest BCUT2D eigenvalue weighted by Gasteiger charge is 2.32. The summed E-state index contributed by atoms with van der Waals surface area (Å²) in [5.74, 6) is 0.222. The van der Waals surface area contributed by atoms with Crippen LogP contribution in [0.4, 0.5) is 17.1 Å². The summed E-state index contributed by atoms with van der Waals surface area (Å²) in [6.07, 6.45) is 2.16. The van der Waals surface area contributed by atoms with Crippen LogP contribution in [0, 0.1) is 10.1 Å². The van der Waals surface area contributed by atoms with E-state index in [4.69, 9.17) is 10.5 Å². The molecule has 0 spiro atoms. The maximum atomic E-state index is 11.0. The molecule has 0 saturated heterocycles. The summed E-state index contributed by atoms with van der Waals surface area (Å²) in [5.41, 5.74) is 6.04. The van der Waals surface area contributed by atoms with Crippen molar-refractivity contribution in [2.24, 2.45) is 10.7 Å². The molecule has 2 rings (SSSR count). The minimum Gasteiger partial charge on any atom is -0.467 e. The predicted molar refractivity (Wildman–Crippen MR) is 82.1 cm³/mol. The molecule has 0 aromatic heterocycles. The molecular formula is C14H16N4O4. The van der Waals surface area contributed by atoms with Crippen LogP contribution in [0.25, 0.3) is 0 Å². The van der Waals surface area contributed by atoms with E-state index < -0.39 is 10.5 Å². The van der Waals surface area contributed by atoms with E-state index in [1.54, 1.807) is 27.0 Å². The third-order valence-corrected chi connectivity index (χ3v) is 3.22. The summed E-state index contributed by atoms with van der Waals surface area (Å²) in [5, 5.41) is 10.9. The number of benzene rings is 1. The summed E-state index contributed by atoms with van der Waals surface area (Å²) in [6, 6.07) is 4.10. The zero-order valence-electron chi connectivity index (χ0n) is 12.4. The van der Waals surface area contributed by atoms with Crippen molar-refractivity contribution in [3.63, 3.8) is 0 Å². The van der Waals surface area contributed by atoms with Gasteiger partial charge in [-0.05, 0) is 19.9 Å². The highest BCUT2D eigenvalue weighted by Crippen LogP contribution is 2.34. The number of nitrogens with two attached hydrogens (primary N) is 1. The van der Waals surface area contributed by atoms with Crippen molar-refractivity contribution >= 4 is 29.2 Å². The average molecular weight is 304 g/mol. The summed E-state index contributed by atoms with van der Waals surface area (Å²) >= 11 is 0. The van der Waals surface area contributed by atoms with Crippen molar-refractivity contribution in [2.75, 3.05) is 11.9 Å². The van der Waals surface area contributed by atoms with Crippen LogP contribution in [0.1, 0.15) is 13.8 Å². The number of ether oxygens (including phenoxy) is 1. The Morgan fingerprint density at radius 2 is 2.14 bits per heavy atom. The van der Waals surface area contributed by atoms with Crippen LogP contribution in [-0.2, 0) is 9.53 Å². The SMILES string of the molecule is CN(C=O)c1ccc([N+](=O)[O-])cc1N=C1C=C(N)OC1(C)C. The first-order valence-corrected chi connectivity index (χ1v) is 6.46. The number of amides is 1. The molecule has 8 nitrogen and oxygen atoms in total. The normalized spacial score (nSPS) is 17.8. The first-order chi connectivity index (χ1) is 10.2. The van der Waals surface area contributed by atoms with Gasteiger partial charge >= 0.3 is 0 Å². The molecule has 0 aliphatic carbocycles. The highest BCUT2D eigenvalue weighted by atomic mass is 16.6. The van der Waals surface area contributed by atoms with Gasteiger partial charge in [0.2, 0.25) is 6.41 Å². The van der Waals surface area contributed by atoms with E-state index in [9.17, 15) is 14.9 Å². The molecule has 0 fully saturated rings. The molecule has 1 aliphatic heterocycles. The van der Waals surface area contributed by atoms with Crippen molar-refractivity contribution in [1.82, 2.24) is 0 Å². The number of carbonyl (C=O) groups excluding carboxylic acids is 1. The zero-order valence-corrected chi connectivity index (χ0v) is 12.4. The quantitative estimate of drug-likeness (QED) is 0.518. The molecule has 1 aromatic carbocycles. The van der Waals surface area contributed by atoms with Crippen LogP contribution >= 0.6 is 0 Å². The zero-order chi connectivity index (χ0) is 16.5. The fraction of sp³-hybridized carbons (Fsp3) is 0.286. The monoisotopic (exact) mass is 304 g/mol. The standard InChI is InChI=1S/C14H16N4O4/c1-14(2)12(7-13(15)22-14)16-10-6-9(18(20)21)4-5-11(10)17(3)8-19/h4-8H,15H2,1-3H3. The van der Waals surface area contributed by atoms with Gasteiger partial charge in [0.15, 0.2) is 5.88 Å². The van der Waals surface area contributed by atoms with Gasteiger partial charge in [0, 0.05) is 25.3 Å². The lowest BCUT2D eigenvalue weighted by Gasteiger charge is -2.20. The maximum absolute atomic E-state index is 11.0. The molecular weight excluding hydrogens is 288 g/mol. The Morgan fingerprint density at radius 3 is 2.64 bits per heavy atom. The number of nitro benzene ring substituents is 1. The number of hydrogen-bond acceptors (Lipinski definition) is 6. The summed E-state index contributed by atoms with van der Waals surface area (Å²) < 4.78 is 5.43. The third kappa shape index (κ3) is 2.90. The van der Waals surface area contributed by atoms with Crippen molar-refractivity contribution < 1.29 is 14.5 Å². The molecule has 1 aromatic rings. The van der Waals surface area contributed by atoms with E-state index in [2.05, 4.69) is 4.99 Å². The topological polar surface area (TPSA) is 111 Å². The van der Waals surface area contributed by atoms with Gasteiger partial charge in [-0.25, -0.2) is 4.99 Å². The third-order valence-electron chi connectivity index (χ3n) is 3.22. The van der Waals surface area contributed by atoms with Gasteiger partial charge < -0.3 is 15.4 Å². The van der Waals surface area contributed by atoms with Gasteiger partial charge in [0.05, 0.1) is 22.0 Å². The second kappa shape index (κ2) is 5.47. The van der Waals surface area contributed by atoms with E-state index in [1.807, 2.05) is 0 Å².